The molecule has 1 aromatic carbocycles. The normalized spacial score (nSPS) is 35.8. The molecule has 0 radical (unpaired) electrons. The van der Waals surface area contributed by atoms with Gasteiger partial charge in [-0.2, -0.15) is 0 Å². The number of ether oxygens (including phenoxy) is 2. The average molecular weight is 284 g/mol. The van der Waals surface area contributed by atoms with Gasteiger partial charge in [0.2, 0.25) is 0 Å². The van der Waals surface area contributed by atoms with E-state index in [0.29, 0.717) is 0 Å². The summed E-state index contributed by atoms with van der Waals surface area (Å²) < 4.78 is 10.9. The molecule has 0 unspecified atom stereocenters. The second kappa shape index (κ2) is 6.62. The summed E-state index contributed by atoms with van der Waals surface area (Å²) in [6, 6.07) is 9.35. The van der Waals surface area contributed by atoms with Crippen LogP contribution in [0.15, 0.2) is 30.3 Å². The van der Waals surface area contributed by atoms with Crippen LogP contribution in [0.1, 0.15) is 18.6 Å². The van der Waals surface area contributed by atoms with Gasteiger partial charge in [-0.15, -0.1) is 0 Å². The van der Waals surface area contributed by atoms with Crippen LogP contribution >= 0.6 is 0 Å². The summed E-state index contributed by atoms with van der Waals surface area (Å²) in [5.41, 5.74) is 0.893. The van der Waals surface area contributed by atoms with Gasteiger partial charge in [-0.1, -0.05) is 30.3 Å². The number of hydrogen-bond donors (Lipinski definition) is 4. The first-order chi connectivity index (χ1) is 9.54. The van der Waals surface area contributed by atoms with E-state index in [-0.39, 0.29) is 6.10 Å². The summed E-state index contributed by atoms with van der Waals surface area (Å²) in [5.74, 6) is 0. The molecule has 0 saturated carbocycles. The lowest BCUT2D eigenvalue weighted by atomic mass is 9.99. The molecular weight excluding hydrogens is 264 g/mol. The summed E-state index contributed by atoms with van der Waals surface area (Å²) in [6.07, 6.45) is -6.60. The van der Waals surface area contributed by atoms with Crippen LogP contribution in [0.25, 0.3) is 0 Å². The molecule has 0 bridgehead atoms. The molecule has 1 aromatic rings. The summed E-state index contributed by atoms with van der Waals surface area (Å²) in [4.78, 5) is 0. The molecule has 0 aliphatic carbocycles. The van der Waals surface area contributed by atoms with Crippen LogP contribution in [0, 0.1) is 0 Å². The predicted octanol–water partition coefficient (Wildman–Crippen LogP) is -0.436. The molecule has 112 valence electrons. The fraction of sp³-hybridized carbons (Fsp3) is 0.571. The zero-order chi connectivity index (χ0) is 14.7. The van der Waals surface area contributed by atoms with Crippen LogP contribution in [0.3, 0.4) is 0 Å². The summed E-state index contributed by atoms with van der Waals surface area (Å²) in [6.45, 7) is 1.32. The Labute approximate surface area is 117 Å². The minimum Gasteiger partial charge on any atom is -0.394 e. The molecule has 1 fully saturated rings. The molecular formula is C14H20O6. The average Bonchev–Trinajstić information content (AvgIpc) is 2.48. The maximum atomic E-state index is 9.88. The Hall–Kier alpha value is -1.02. The maximum absolute atomic E-state index is 9.88. The van der Waals surface area contributed by atoms with E-state index in [1.165, 1.54) is 0 Å². The van der Waals surface area contributed by atoms with E-state index in [4.69, 9.17) is 14.6 Å². The fourth-order valence-corrected chi connectivity index (χ4v) is 2.18. The lowest BCUT2D eigenvalue weighted by Crippen LogP contribution is -2.59. The second-order valence-electron chi connectivity index (χ2n) is 4.89. The van der Waals surface area contributed by atoms with E-state index in [0.717, 1.165) is 5.56 Å². The van der Waals surface area contributed by atoms with Crippen molar-refractivity contribution in [3.63, 3.8) is 0 Å². The van der Waals surface area contributed by atoms with Crippen molar-refractivity contribution in [1.82, 2.24) is 0 Å². The Bertz CT molecular complexity index is 409. The van der Waals surface area contributed by atoms with E-state index in [1.807, 2.05) is 30.3 Å². The smallest absolute Gasteiger partial charge is 0.187 e. The molecule has 2 rings (SSSR count). The van der Waals surface area contributed by atoms with Crippen LogP contribution in [0.5, 0.6) is 0 Å². The molecule has 6 atom stereocenters. The molecule has 1 saturated heterocycles. The Morgan fingerprint density at radius 2 is 1.75 bits per heavy atom. The number of aliphatic hydroxyl groups is 4. The van der Waals surface area contributed by atoms with E-state index < -0.39 is 37.3 Å². The molecule has 6 heteroatoms. The zero-order valence-electron chi connectivity index (χ0n) is 11.2. The summed E-state index contributed by atoms with van der Waals surface area (Å²) in [7, 11) is 0. The van der Waals surface area contributed by atoms with Gasteiger partial charge < -0.3 is 29.9 Å². The highest BCUT2D eigenvalue weighted by Crippen LogP contribution is 2.26. The molecule has 0 spiro atoms. The standard InChI is InChI=1S/C14H20O6/c1-8(9-5-3-2-4-6-9)19-14-13(18)12(17)11(16)10(7-15)20-14/h2-6,8,10-18H,7H2,1H3/t8-,10-,11+,12+,13-,14-/m1/s1. The Morgan fingerprint density at radius 1 is 1.10 bits per heavy atom. The van der Waals surface area contributed by atoms with Crippen LogP contribution in [-0.4, -0.2) is 57.7 Å². The highest BCUT2D eigenvalue weighted by atomic mass is 16.7. The van der Waals surface area contributed by atoms with Crippen molar-refractivity contribution < 1.29 is 29.9 Å². The third kappa shape index (κ3) is 3.17. The van der Waals surface area contributed by atoms with E-state index in [1.54, 1.807) is 6.92 Å². The number of benzene rings is 1. The molecule has 6 nitrogen and oxygen atoms in total. The first-order valence-electron chi connectivity index (χ1n) is 6.55. The maximum Gasteiger partial charge on any atom is 0.187 e. The lowest BCUT2D eigenvalue weighted by molar-refractivity contribution is -0.311. The number of aliphatic hydroxyl groups excluding tert-OH is 4. The largest absolute Gasteiger partial charge is 0.394 e. The zero-order valence-corrected chi connectivity index (χ0v) is 11.2. The van der Waals surface area contributed by atoms with Crippen molar-refractivity contribution in [1.29, 1.82) is 0 Å². The quantitative estimate of drug-likeness (QED) is 0.598. The first kappa shape index (κ1) is 15.4. The van der Waals surface area contributed by atoms with Crippen LogP contribution in [0.2, 0.25) is 0 Å². The van der Waals surface area contributed by atoms with Gasteiger partial charge in [0.1, 0.15) is 24.4 Å². The van der Waals surface area contributed by atoms with Crippen molar-refractivity contribution >= 4 is 0 Å². The van der Waals surface area contributed by atoms with Gasteiger partial charge in [0.15, 0.2) is 6.29 Å². The second-order valence-corrected chi connectivity index (χ2v) is 4.89. The molecule has 4 N–H and O–H groups in total. The Balaban J connectivity index is 2.04. The van der Waals surface area contributed by atoms with Crippen LogP contribution in [0.4, 0.5) is 0 Å². The topological polar surface area (TPSA) is 99.4 Å². The SMILES string of the molecule is C[C@@H](O[C@@H]1O[C@H](CO)[C@H](O)[C@H](O)[C@H]1O)c1ccccc1. The van der Waals surface area contributed by atoms with E-state index >= 15 is 0 Å². The minimum atomic E-state index is -1.42. The predicted molar refractivity (Wildman–Crippen MR) is 69.7 cm³/mol. The third-order valence-electron chi connectivity index (χ3n) is 3.46. The van der Waals surface area contributed by atoms with Gasteiger partial charge in [-0.25, -0.2) is 0 Å². The van der Waals surface area contributed by atoms with Gasteiger partial charge in [-0.3, -0.25) is 0 Å². The highest BCUT2D eigenvalue weighted by molar-refractivity contribution is 5.16. The highest BCUT2D eigenvalue weighted by Gasteiger charge is 2.44. The molecule has 1 aliphatic rings. The first-order valence-corrected chi connectivity index (χ1v) is 6.55. The molecule has 0 amide bonds. The van der Waals surface area contributed by atoms with Crippen LogP contribution in [-0.2, 0) is 9.47 Å². The molecule has 20 heavy (non-hydrogen) atoms. The van der Waals surface area contributed by atoms with Crippen molar-refractivity contribution in [2.75, 3.05) is 6.61 Å². The minimum absolute atomic E-state index is 0.363. The van der Waals surface area contributed by atoms with Crippen molar-refractivity contribution in [2.24, 2.45) is 0 Å². The molecule has 1 aliphatic heterocycles. The van der Waals surface area contributed by atoms with E-state index in [9.17, 15) is 15.3 Å². The Kier molecular flexibility index (Phi) is 5.09. The lowest BCUT2D eigenvalue weighted by Gasteiger charge is -2.40. The summed E-state index contributed by atoms with van der Waals surface area (Å²) in [5, 5.41) is 38.3. The van der Waals surface area contributed by atoms with E-state index in [2.05, 4.69) is 0 Å². The van der Waals surface area contributed by atoms with Crippen molar-refractivity contribution in [2.45, 2.75) is 43.7 Å². The monoisotopic (exact) mass is 284 g/mol. The number of rotatable bonds is 4. The van der Waals surface area contributed by atoms with Gasteiger partial charge in [0.25, 0.3) is 0 Å². The van der Waals surface area contributed by atoms with Crippen molar-refractivity contribution in [3.8, 4) is 0 Å². The Morgan fingerprint density at radius 3 is 2.35 bits per heavy atom. The van der Waals surface area contributed by atoms with Gasteiger partial charge in [0, 0.05) is 0 Å². The fourth-order valence-electron chi connectivity index (χ4n) is 2.18. The van der Waals surface area contributed by atoms with Gasteiger partial charge in [-0.05, 0) is 12.5 Å². The number of hydrogen-bond acceptors (Lipinski definition) is 6. The van der Waals surface area contributed by atoms with Gasteiger partial charge >= 0.3 is 0 Å². The van der Waals surface area contributed by atoms with Crippen LogP contribution < -0.4 is 0 Å². The third-order valence-corrected chi connectivity index (χ3v) is 3.46. The molecule has 0 aromatic heterocycles. The van der Waals surface area contributed by atoms with Crippen molar-refractivity contribution in [3.05, 3.63) is 35.9 Å². The van der Waals surface area contributed by atoms with Gasteiger partial charge in [0.05, 0.1) is 12.7 Å². The molecule has 1 heterocycles. The summed E-state index contributed by atoms with van der Waals surface area (Å²) >= 11 is 0.